The van der Waals surface area contributed by atoms with Crippen LogP contribution in [-0.2, 0) is 11.3 Å². The monoisotopic (exact) mass is 517 g/mol. The molecule has 1 atom stereocenters. The average Bonchev–Trinajstić information content (AvgIpc) is 2.89. The Balaban J connectivity index is 1.56. The number of halogens is 3. The van der Waals surface area contributed by atoms with Crippen LogP contribution in [0.2, 0.25) is 0 Å². The first kappa shape index (κ1) is 26.5. The smallest absolute Gasteiger partial charge is 0.493 e. The van der Waals surface area contributed by atoms with Crippen molar-refractivity contribution in [3.05, 3.63) is 59.2 Å². The fraction of sp³-hybridized carbons (Fsp3) is 0.444. The minimum Gasteiger partial charge on any atom is -0.493 e. The van der Waals surface area contributed by atoms with E-state index >= 15 is 0 Å². The number of amides is 2. The lowest BCUT2D eigenvalue weighted by Crippen LogP contribution is -2.37. The van der Waals surface area contributed by atoms with Crippen molar-refractivity contribution < 1.29 is 32.2 Å². The number of likely N-dealkylation sites (tertiary alicyclic amines) is 1. The zero-order chi connectivity index (χ0) is 26.6. The van der Waals surface area contributed by atoms with Gasteiger partial charge in [0.05, 0.1) is 19.4 Å². The summed E-state index contributed by atoms with van der Waals surface area (Å²) >= 11 is 0. The molecular formula is C27H30F3N3O4. The first-order valence-electron chi connectivity index (χ1n) is 12.4. The number of piperidine rings is 1. The predicted octanol–water partition coefficient (Wildman–Crippen LogP) is 5.38. The summed E-state index contributed by atoms with van der Waals surface area (Å²) in [6, 6.07) is 11.4. The lowest BCUT2D eigenvalue weighted by molar-refractivity contribution is -0.275. The number of methoxy groups -OCH3 is 1. The van der Waals surface area contributed by atoms with Crippen LogP contribution in [0.5, 0.6) is 11.5 Å². The van der Waals surface area contributed by atoms with Crippen LogP contribution in [0, 0.1) is 5.92 Å². The summed E-state index contributed by atoms with van der Waals surface area (Å²) in [5.41, 5.74) is 2.32. The Morgan fingerprint density at radius 2 is 1.76 bits per heavy atom. The number of hydrazone groups is 1. The zero-order valence-corrected chi connectivity index (χ0v) is 20.9. The van der Waals surface area contributed by atoms with Gasteiger partial charge in [0.1, 0.15) is 0 Å². The summed E-state index contributed by atoms with van der Waals surface area (Å²) in [5, 5.41) is 5.88. The van der Waals surface area contributed by atoms with Crippen LogP contribution >= 0.6 is 0 Å². The maximum Gasteiger partial charge on any atom is 0.573 e. The molecule has 1 fully saturated rings. The quantitative estimate of drug-likeness (QED) is 0.494. The third-order valence-corrected chi connectivity index (χ3v) is 6.68. The van der Waals surface area contributed by atoms with Crippen molar-refractivity contribution in [2.24, 2.45) is 11.0 Å². The van der Waals surface area contributed by atoms with Gasteiger partial charge < -0.3 is 14.4 Å². The Hall–Kier alpha value is -3.56. The van der Waals surface area contributed by atoms with Crippen LogP contribution in [0.1, 0.15) is 60.5 Å². The van der Waals surface area contributed by atoms with Crippen molar-refractivity contribution in [2.75, 3.05) is 20.2 Å². The minimum absolute atomic E-state index is 0.00257. The first-order valence-corrected chi connectivity index (χ1v) is 12.4. The molecule has 0 N–H and O–H groups in total. The van der Waals surface area contributed by atoms with Crippen molar-refractivity contribution in [2.45, 2.75) is 51.9 Å². The van der Waals surface area contributed by atoms with Gasteiger partial charge in [-0.25, -0.2) is 5.01 Å². The second-order valence-corrected chi connectivity index (χ2v) is 9.21. The number of benzene rings is 2. The van der Waals surface area contributed by atoms with Crippen molar-refractivity contribution in [3.63, 3.8) is 0 Å². The van der Waals surface area contributed by atoms with E-state index in [1.807, 2.05) is 11.8 Å². The van der Waals surface area contributed by atoms with Gasteiger partial charge in [-0.1, -0.05) is 19.1 Å². The van der Waals surface area contributed by atoms with E-state index in [9.17, 15) is 22.8 Å². The van der Waals surface area contributed by atoms with E-state index < -0.39 is 12.1 Å². The summed E-state index contributed by atoms with van der Waals surface area (Å²) in [5.74, 6) is -0.951. The first-order chi connectivity index (χ1) is 17.7. The largest absolute Gasteiger partial charge is 0.573 e. The SMILES string of the molecule is CCC1CC(=O)N(Cc2ccc(C(=O)N3CCCCC3)cc2)N=C1c1ccc(OC)c(OC(F)(F)F)c1. The van der Waals surface area contributed by atoms with Crippen molar-refractivity contribution in [1.29, 1.82) is 0 Å². The topological polar surface area (TPSA) is 71.4 Å². The fourth-order valence-electron chi connectivity index (χ4n) is 4.68. The molecule has 0 bridgehead atoms. The average molecular weight is 518 g/mol. The predicted molar refractivity (Wildman–Crippen MR) is 131 cm³/mol. The molecule has 37 heavy (non-hydrogen) atoms. The standard InChI is InChI=1S/C27H30F3N3O4/c1-3-19-16-24(34)33(17-18-7-9-20(10-8-18)26(35)32-13-5-4-6-14-32)31-25(19)21-11-12-22(36-2)23(15-21)37-27(28,29)30/h7-12,15,19H,3-6,13-14,16-17H2,1-2H3. The molecule has 2 aliphatic rings. The molecule has 0 aliphatic carbocycles. The number of carbonyl (C=O) groups is 2. The zero-order valence-electron chi connectivity index (χ0n) is 20.9. The molecule has 4 rings (SSSR count). The molecule has 0 saturated carbocycles. The maximum absolute atomic E-state index is 12.9. The number of alkyl halides is 3. The molecule has 0 spiro atoms. The molecule has 2 aromatic rings. The van der Waals surface area contributed by atoms with Gasteiger partial charge in [-0.15, -0.1) is 13.2 Å². The van der Waals surface area contributed by atoms with E-state index in [1.165, 1.54) is 24.3 Å². The molecule has 0 radical (unpaired) electrons. The van der Waals surface area contributed by atoms with Gasteiger partial charge in [-0.05, 0) is 61.6 Å². The van der Waals surface area contributed by atoms with Crippen LogP contribution in [0.15, 0.2) is 47.6 Å². The van der Waals surface area contributed by atoms with Crippen LogP contribution in [0.3, 0.4) is 0 Å². The number of rotatable bonds is 7. The van der Waals surface area contributed by atoms with Crippen molar-refractivity contribution in [1.82, 2.24) is 9.91 Å². The summed E-state index contributed by atoms with van der Waals surface area (Å²) in [6.07, 6.45) is -0.944. The Labute approximate surface area is 213 Å². The molecule has 2 aromatic carbocycles. The van der Waals surface area contributed by atoms with E-state index in [0.717, 1.165) is 37.9 Å². The fourth-order valence-corrected chi connectivity index (χ4v) is 4.68. The van der Waals surface area contributed by atoms with E-state index in [0.29, 0.717) is 23.3 Å². The van der Waals surface area contributed by atoms with Crippen molar-refractivity contribution >= 4 is 17.5 Å². The normalized spacial score (nSPS) is 18.5. The van der Waals surface area contributed by atoms with Gasteiger partial charge in [0.25, 0.3) is 5.91 Å². The number of hydrogen-bond donors (Lipinski definition) is 0. The van der Waals surface area contributed by atoms with Gasteiger partial charge in [0, 0.05) is 36.6 Å². The van der Waals surface area contributed by atoms with Gasteiger partial charge in [-0.3, -0.25) is 9.59 Å². The Bertz CT molecular complexity index is 1160. The van der Waals surface area contributed by atoms with Gasteiger partial charge in [-0.2, -0.15) is 5.10 Å². The highest BCUT2D eigenvalue weighted by atomic mass is 19.4. The highest BCUT2D eigenvalue weighted by Gasteiger charge is 2.34. The molecule has 10 heteroatoms. The highest BCUT2D eigenvalue weighted by molar-refractivity contribution is 6.06. The van der Waals surface area contributed by atoms with E-state index in [2.05, 4.69) is 9.84 Å². The number of hydrogen-bond acceptors (Lipinski definition) is 5. The van der Waals surface area contributed by atoms with Crippen LogP contribution in [-0.4, -0.2) is 54.0 Å². The van der Waals surface area contributed by atoms with Gasteiger partial charge in [0.2, 0.25) is 5.91 Å². The summed E-state index contributed by atoms with van der Waals surface area (Å²) in [4.78, 5) is 27.4. The van der Waals surface area contributed by atoms with Crippen molar-refractivity contribution in [3.8, 4) is 11.5 Å². The minimum atomic E-state index is -4.88. The van der Waals surface area contributed by atoms with Crippen LogP contribution < -0.4 is 9.47 Å². The highest BCUT2D eigenvalue weighted by Crippen LogP contribution is 2.35. The molecule has 198 valence electrons. The van der Waals surface area contributed by atoms with Gasteiger partial charge in [0.15, 0.2) is 11.5 Å². The number of carbonyl (C=O) groups excluding carboxylic acids is 2. The molecule has 1 saturated heterocycles. The lowest BCUT2D eigenvalue weighted by Gasteiger charge is -2.29. The number of ether oxygens (including phenoxy) is 2. The van der Waals surface area contributed by atoms with E-state index in [-0.39, 0.29) is 36.4 Å². The Morgan fingerprint density at radius 1 is 1.05 bits per heavy atom. The third kappa shape index (κ3) is 6.42. The van der Waals surface area contributed by atoms with E-state index in [4.69, 9.17) is 4.74 Å². The van der Waals surface area contributed by atoms with Crippen LogP contribution in [0.4, 0.5) is 13.2 Å². The molecule has 2 heterocycles. The second-order valence-electron chi connectivity index (χ2n) is 9.21. The number of nitrogens with zero attached hydrogens (tertiary/aromatic N) is 3. The maximum atomic E-state index is 12.9. The molecule has 2 amide bonds. The summed E-state index contributed by atoms with van der Waals surface area (Å²) < 4.78 is 48.0. The Morgan fingerprint density at radius 3 is 2.38 bits per heavy atom. The third-order valence-electron chi connectivity index (χ3n) is 6.68. The molecule has 0 aromatic heterocycles. The Kier molecular flexibility index (Phi) is 8.04. The second kappa shape index (κ2) is 11.2. The summed E-state index contributed by atoms with van der Waals surface area (Å²) in [6.45, 7) is 3.61. The molecule has 1 unspecified atom stereocenters. The molecular weight excluding hydrogens is 487 g/mol. The van der Waals surface area contributed by atoms with E-state index in [1.54, 1.807) is 30.3 Å². The van der Waals surface area contributed by atoms with Crippen LogP contribution in [0.25, 0.3) is 0 Å². The van der Waals surface area contributed by atoms with Gasteiger partial charge >= 0.3 is 6.36 Å². The lowest BCUT2D eigenvalue weighted by atomic mass is 9.89. The summed E-state index contributed by atoms with van der Waals surface area (Å²) in [7, 11) is 1.26. The molecule has 7 nitrogen and oxygen atoms in total. The molecule has 2 aliphatic heterocycles.